The number of hydrogen-bond donors (Lipinski definition) is 0. The summed E-state index contributed by atoms with van der Waals surface area (Å²) in [5.74, 6) is 0.749. The Morgan fingerprint density at radius 3 is 2.76 bits per heavy atom. The number of allylic oxidation sites excluding steroid dienone is 1. The van der Waals surface area contributed by atoms with Crippen molar-refractivity contribution in [2.45, 2.75) is 12.0 Å². The number of hydrogen-bond acceptors (Lipinski definition) is 2. The van der Waals surface area contributed by atoms with E-state index in [0.717, 1.165) is 17.6 Å². The third-order valence-electron chi connectivity index (χ3n) is 4.10. The van der Waals surface area contributed by atoms with E-state index in [9.17, 15) is 4.79 Å². The second-order valence-electron chi connectivity index (χ2n) is 4.96. The maximum atomic E-state index is 11.9. The minimum absolute atomic E-state index is 0.168. The molecule has 1 heterocycles. The predicted molar refractivity (Wildman–Crippen MR) is 64.0 cm³/mol. The lowest BCUT2D eigenvalue weighted by atomic mass is 10.0. The molecule has 0 aromatic heterocycles. The Morgan fingerprint density at radius 2 is 2.06 bits per heavy atom. The number of benzene rings is 1. The van der Waals surface area contributed by atoms with Crippen molar-refractivity contribution in [1.82, 2.24) is 0 Å². The third kappa shape index (κ3) is 1.08. The molecule has 1 fully saturated rings. The van der Waals surface area contributed by atoms with Gasteiger partial charge in [-0.1, -0.05) is 42.5 Å². The van der Waals surface area contributed by atoms with E-state index in [4.69, 9.17) is 4.74 Å². The molecule has 0 bridgehead atoms. The largest absolute Gasteiger partial charge is 0.450 e. The van der Waals surface area contributed by atoms with Crippen molar-refractivity contribution in [3.63, 3.8) is 0 Å². The minimum Gasteiger partial charge on any atom is -0.450 e. The van der Waals surface area contributed by atoms with E-state index in [1.165, 1.54) is 0 Å². The van der Waals surface area contributed by atoms with E-state index in [1.54, 1.807) is 0 Å². The van der Waals surface area contributed by atoms with Crippen LogP contribution in [0, 0.1) is 11.8 Å². The van der Waals surface area contributed by atoms with Gasteiger partial charge in [-0.05, 0) is 18.1 Å². The quantitative estimate of drug-likeness (QED) is 0.541. The van der Waals surface area contributed by atoms with Gasteiger partial charge in [0.2, 0.25) is 0 Å². The molecular weight excluding hydrogens is 212 g/mol. The number of carbonyl (C=O) groups is 1. The maximum absolute atomic E-state index is 11.9. The lowest BCUT2D eigenvalue weighted by Crippen LogP contribution is -2.14. The van der Waals surface area contributed by atoms with Crippen LogP contribution in [-0.2, 0) is 9.53 Å². The van der Waals surface area contributed by atoms with Gasteiger partial charge in [0.05, 0.1) is 5.57 Å². The molecule has 2 heteroatoms. The van der Waals surface area contributed by atoms with Crippen molar-refractivity contribution in [2.24, 2.45) is 11.8 Å². The topological polar surface area (TPSA) is 26.3 Å². The number of carbonyl (C=O) groups excluding carboxylic acids is 1. The van der Waals surface area contributed by atoms with Crippen molar-refractivity contribution in [1.29, 1.82) is 0 Å². The van der Waals surface area contributed by atoms with Crippen molar-refractivity contribution >= 4 is 11.5 Å². The molecule has 0 radical (unpaired) electrons. The summed E-state index contributed by atoms with van der Waals surface area (Å²) in [6, 6.07) is 9.76. The summed E-state index contributed by atoms with van der Waals surface area (Å²) in [5.41, 5.74) is 1.40. The zero-order valence-corrected chi connectivity index (χ0v) is 9.30. The molecule has 84 valence electrons. The highest BCUT2D eigenvalue weighted by Gasteiger charge is 2.69. The van der Waals surface area contributed by atoms with Crippen molar-refractivity contribution in [3.8, 4) is 0 Å². The normalized spacial score (nSPS) is 36.9. The van der Waals surface area contributed by atoms with Crippen LogP contribution < -0.4 is 0 Å². The number of esters is 1. The molecule has 1 saturated carbocycles. The first kappa shape index (κ1) is 9.23. The second-order valence-corrected chi connectivity index (χ2v) is 4.96. The predicted octanol–water partition coefficient (Wildman–Crippen LogP) is 2.57. The average Bonchev–Trinajstić information content (AvgIpc) is 2.77. The molecule has 0 amide bonds. The fourth-order valence-corrected chi connectivity index (χ4v) is 3.17. The molecule has 4 rings (SSSR count). The van der Waals surface area contributed by atoms with Gasteiger partial charge in [0.25, 0.3) is 0 Å². The molecule has 3 aliphatic rings. The fourth-order valence-electron chi connectivity index (χ4n) is 3.17. The van der Waals surface area contributed by atoms with Crippen LogP contribution >= 0.6 is 0 Å². The zero-order valence-electron chi connectivity index (χ0n) is 9.30. The van der Waals surface area contributed by atoms with Gasteiger partial charge >= 0.3 is 5.97 Å². The maximum Gasteiger partial charge on any atom is 0.339 e. The molecule has 17 heavy (non-hydrogen) atoms. The summed E-state index contributed by atoms with van der Waals surface area (Å²) in [6.07, 6.45) is 7.45. The monoisotopic (exact) mass is 224 g/mol. The molecule has 1 aliphatic heterocycles. The van der Waals surface area contributed by atoms with Gasteiger partial charge < -0.3 is 4.74 Å². The second kappa shape index (κ2) is 2.89. The molecule has 3 atom stereocenters. The first-order valence-electron chi connectivity index (χ1n) is 5.99. The summed E-state index contributed by atoms with van der Waals surface area (Å²) in [6.45, 7) is 0. The third-order valence-corrected chi connectivity index (χ3v) is 4.10. The van der Waals surface area contributed by atoms with Crippen molar-refractivity contribution < 1.29 is 9.53 Å². The SMILES string of the molecule is O=C1O[C@]2(C=C1c1ccccc1)[C@@H]1CC=C[C@@H]12. The van der Waals surface area contributed by atoms with Crippen molar-refractivity contribution in [3.05, 3.63) is 54.1 Å². The van der Waals surface area contributed by atoms with Crippen LogP contribution in [-0.4, -0.2) is 11.6 Å². The Hall–Kier alpha value is -1.83. The van der Waals surface area contributed by atoms with Crippen LogP contribution in [0.4, 0.5) is 0 Å². The Bertz CT molecular complexity index is 556. The molecule has 0 N–H and O–H groups in total. The van der Waals surface area contributed by atoms with Gasteiger partial charge in [0.15, 0.2) is 0 Å². The summed E-state index contributed by atoms with van der Waals surface area (Å²) in [4.78, 5) is 11.9. The van der Waals surface area contributed by atoms with E-state index in [2.05, 4.69) is 12.2 Å². The van der Waals surface area contributed by atoms with Gasteiger partial charge in [0.1, 0.15) is 5.60 Å². The summed E-state index contributed by atoms with van der Waals surface area (Å²) < 4.78 is 5.61. The van der Waals surface area contributed by atoms with Crippen LogP contribution in [0.25, 0.3) is 5.57 Å². The van der Waals surface area contributed by atoms with Gasteiger partial charge in [-0.15, -0.1) is 0 Å². The first-order chi connectivity index (χ1) is 8.31. The minimum atomic E-state index is -0.295. The molecule has 0 unspecified atom stereocenters. The Labute approximate surface area is 99.6 Å². The Morgan fingerprint density at radius 1 is 1.24 bits per heavy atom. The number of rotatable bonds is 1. The smallest absolute Gasteiger partial charge is 0.339 e. The van der Waals surface area contributed by atoms with E-state index < -0.39 is 0 Å². The highest BCUT2D eigenvalue weighted by Crippen LogP contribution is 2.63. The molecule has 2 nitrogen and oxygen atoms in total. The number of ether oxygens (including phenoxy) is 1. The molecule has 2 aliphatic carbocycles. The molecule has 0 saturated heterocycles. The lowest BCUT2D eigenvalue weighted by molar-refractivity contribution is -0.140. The standard InChI is InChI=1S/C15H12O2/c16-14-11(10-5-2-1-3-6-10)9-15(17-14)12-7-4-8-13(12)15/h1-7,9,12-13H,8H2/t12-,13+,15-/m0/s1. The van der Waals surface area contributed by atoms with Crippen LogP contribution in [0.1, 0.15) is 12.0 Å². The van der Waals surface area contributed by atoms with E-state index >= 15 is 0 Å². The highest BCUT2D eigenvalue weighted by molar-refractivity contribution is 6.19. The van der Waals surface area contributed by atoms with Gasteiger partial charge in [0, 0.05) is 11.8 Å². The fraction of sp³-hybridized carbons (Fsp3) is 0.267. The Kier molecular flexibility index (Phi) is 1.57. The van der Waals surface area contributed by atoms with Gasteiger partial charge in [-0.3, -0.25) is 0 Å². The van der Waals surface area contributed by atoms with Crippen LogP contribution in [0.2, 0.25) is 0 Å². The lowest BCUT2D eigenvalue weighted by Gasteiger charge is -2.08. The van der Waals surface area contributed by atoms with Gasteiger partial charge in [-0.25, -0.2) is 4.79 Å². The molecule has 1 spiro atoms. The van der Waals surface area contributed by atoms with E-state index in [0.29, 0.717) is 11.8 Å². The van der Waals surface area contributed by atoms with Crippen LogP contribution in [0.15, 0.2) is 48.6 Å². The molecular formula is C15H12O2. The Balaban J connectivity index is 1.76. The molecule has 1 aromatic rings. The van der Waals surface area contributed by atoms with E-state index in [1.807, 2.05) is 36.4 Å². The van der Waals surface area contributed by atoms with Gasteiger partial charge in [-0.2, -0.15) is 0 Å². The summed E-state index contributed by atoms with van der Waals surface area (Å²) in [7, 11) is 0. The van der Waals surface area contributed by atoms with E-state index in [-0.39, 0.29) is 11.6 Å². The average molecular weight is 224 g/mol. The first-order valence-corrected chi connectivity index (χ1v) is 5.99. The van der Waals surface area contributed by atoms with Crippen molar-refractivity contribution in [2.75, 3.05) is 0 Å². The van der Waals surface area contributed by atoms with Crippen LogP contribution in [0.3, 0.4) is 0 Å². The number of fused-ring (bicyclic) bond motifs is 3. The summed E-state index contributed by atoms with van der Waals surface area (Å²) in [5, 5.41) is 0. The molecule has 1 aromatic carbocycles. The van der Waals surface area contributed by atoms with Crippen LogP contribution in [0.5, 0.6) is 0 Å². The highest BCUT2D eigenvalue weighted by atomic mass is 16.6. The zero-order chi connectivity index (χ0) is 11.5. The summed E-state index contributed by atoms with van der Waals surface area (Å²) >= 11 is 0.